The summed E-state index contributed by atoms with van der Waals surface area (Å²) < 4.78 is 1.22. The summed E-state index contributed by atoms with van der Waals surface area (Å²) in [6.07, 6.45) is 0.135. The number of fused-ring (bicyclic) bond motifs is 1. The Kier molecular flexibility index (Phi) is 5.26. The molecule has 0 unspecified atom stereocenters. The average molecular weight is 365 g/mol. The molecule has 6 heteroatoms. The van der Waals surface area contributed by atoms with Gasteiger partial charge in [-0.2, -0.15) is 0 Å². The van der Waals surface area contributed by atoms with Gasteiger partial charge >= 0.3 is 0 Å². The van der Waals surface area contributed by atoms with Crippen molar-refractivity contribution in [3.8, 4) is 0 Å². The first-order chi connectivity index (χ1) is 12.9. The number of H-pyrrole nitrogens is 1. The molecule has 3 aromatic rings. The van der Waals surface area contributed by atoms with Gasteiger partial charge in [-0.15, -0.1) is 0 Å². The van der Waals surface area contributed by atoms with Gasteiger partial charge in [0.2, 0.25) is 5.91 Å². The van der Waals surface area contributed by atoms with Gasteiger partial charge in [-0.05, 0) is 37.1 Å². The second kappa shape index (κ2) is 7.61. The first-order valence-corrected chi connectivity index (χ1v) is 8.89. The van der Waals surface area contributed by atoms with Crippen molar-refractivity contribution in [2.45, 2.75) is 33.4 Å². The summed E-state index contributed by atoms with van der Waals surface area (Å²) in [5.41, 5.74) is 2.79. The van der Waals surface area contributed by atoms with E-state index in [0.29, 0.717) is 17.3 Å². The monoisotopic (exact) mass is 365 g/mol. The predicted molar refractivity (Wildman–Crippen MR) is 106 cm³/mol. The molecule has 6 nitrogen and oxygen atoms in total. The fraction of sp³-hybridized carbons (Fsp3) is 0.286. The Labute approximate surface area is 157 Å². The van der Waals surface area contributed by atoms with Crippen LogP contribution in [0.5, 0.6) is 0 Å². The van der Waals surface area contributed by atoms with Crippen molar-refractivity contribution >= 4 is 16.7 Å². The number of nitrogens with zero attached hydrogens (tertiary/aromatic N) is 2. The van der Waals surface area contributed by atoms with Crippen LogP contribution in [0.15, 0.2) is 52.1 Å². The molecule has 1 N–H and O–H groups in total. The molecule has 0 saturated heterocycles. The van der Waals surface area contributed by atoms with Crippen LogP contribution >= 0.6 is 0 Å². The van der Waals surface area contributed by atoms with E-state index in [2.05, 4.69) is 11.2 Å². The van der Waals surface area contributed by atoms with E-state index in [1.54, 1.807) is 36.2 Å². The molecule has 140 valence electrons. The molecule has 1 heterocycles. The molecule has 0 atom stereocenters. The molecule has 0 spiro atoms. The van der Waals surface area contributed by atoms with E-state index >= 15 is 0 Å². The van der Waals surface area contributed by atoms with E-state index in [0.717, 1.165) is 11.1 Å². The Balaban J connectivity index is 1.72. The van der Waals surface area contributed by atoms with Crippen molar-refractivity contribution < 1.29 is 4.79 Å². The van der Waals surface area contributed by atoms with Crippen LogP contribution in [0.25, 0.3) is 10.8 Å². The molecule has 1 aromatic heterocycles. The van der Waals surface area contributed by atoms with Gasteiger partial charge in [0.15, 0.2) is 0 Å². The Hall–Kier alpha value is -3.15. The summed E-state index contributed by atoms with van der Waals surface area (Å²) in [6.45, 7) is 4.71. The number of benzene rings is 2. The zero-order valence-electron chi connectivity index (χ0n) is 15.8. The maximum Gasteiger partial charge on any atom is 0.273 e. The lowest BCUT2D eigenvalue weighted by atomic mass is 10.1. The fourth-order valence-electron chi connectivity index (χ4n) is 3.17. The van der Waals surface area contributed by atoms with Gasteiger partial charge in [0.25, 0.3) is 11.1 Å². The highest BCUT2D eigenvalue weighted by Crippen LogP contribution is 2.13. The van der Waals surface area contributed by atoms with Crippen LogP contribution in [0.4, 0.5) is 0 Å². The van der Waals surface area contributed by atoms with Gasteiger partial charge in [-0.1, -0.05) is 35.9 Å². The van der Waals surface area contributed by atoms with E-state index in [4.69, 9.17) is 0 Å². The number of rotatable bonds is 5. The van der Waals surface area contributed by atoms with Crippen molar-refractivity contribution in [1.82, 2.24) is 14.7 Å². The van der Waals surface area contributed by atoms with Crippen LogP contribution in [0.3, 0.4) is 0 Å². The molecule has 0 aliphatic heterocycles. The Morgan fingerprint density at radius 1 is 1.07 bits per heavy atom. The molecule has 0 bridgehead atoms. The van der Waals surface area contributed by atoms with Gasteiger partial charge in [-0.3, -0.25) is 19.5 Å². The van der Waals surface area contributed by atoms with Crippen LogP contribution < -0.4 is 11.1 Å². The number of amides is 1. The topological polar surface area (TPSA) is 75.2 Å². The molecule has 3 rings (SSSR count). The minimum Gasteiger partial charge on any atom is -0.341 e. The summed E-state index contributed by atoms with van der Waals surface area (Å²) >= 11 is 0. The lowest BCUT2D eigenvalue weighted by Crippen LogP contribution is -2.33. The van der Waals surface area contributed by atoms with Gasteiger partial charge < -0.3 is 4.90 Å². The quantitative estimate of drug-likeness (QED) is 0.754. The average Bonchev–Trinajstić information content (AvgIpc) is 2.65. The van der Waals surface area contributed by atoms with Crippen LogP contribution in [-0.4, -0.2) is 27.6 Å². The SMILES string of the molecule is Cc1ccc(CN(C)C(=O)CCn2[nH]c(=O)c3ccccc3c2=O)c(C)c1. The Morgan fingerprint density at radius 2 is 1.78 bits per heavy atom. The maximum absolute atomic E-state index is 12.5. The Bertz CT molecular complexity index is 1110. The van der Waals surface area contributed by atoms with Crippen molar-refractivity contribution in [3.63, 3.8) is 0 Å². The summed E-state index contributed by atoms with van der Waals surface area (Å²) in [6, 6.07) is 12.8. The summed E-state index contributed by atoms with van der Waals surface area (Å²) in [4.78, 5) is 38.7. The molecule has 27 heavy (non-hydrogen) atoms. The maximum atomic E-state index is 12.5. The third-order valence-corrected chi connectivity index (χ3v) is 4.76. The van der Waals surface area contributed by atoms with Crippen molar-refractivity contribution in [1.29, 1.82) is 0 Å². The predicted octanol–water partition coefficient (Wildman–Crippen LogP) is 2.36. The number of hydrogen-bond donors (Lipinski definition) is 1. The van der Waals surface area contributed by atoms with Gasteiger partial charge in [-0.25, -0.2) is 4.68 Å². The number of carbonyl (C=O) groups excluding carboxylic acids is 1. The van der Waals surface area contributed by atoms with E-state index in [-0.39, 0.29) is 30.0 Å². The summed E-state index contributed by atoms with van der Waals surface area (Å²) in [7, 11) is 1.74. The number of nitrogens with one attached hydrogen (secondary N) is 1. The van der Waals surface area contributed by atoms with Gasteiger partial charge in [0.05, 0.1) is 17.3 Å². The number of aryl methyl sites for hydroxylation is 3. The van der Waals surface area contributed by atoms with Crippen LogP contribution in [0, 0.1) is 13.8 Å². The minimum atomic E-state index is -0.332. The fourth-order valence-corrected chi connectivity index (χ4v) is 3.17. The lowest BCUT2D eigenvalue weighted by Gasteiger charge is -2.19. The normalized spacial score (nSPS) is 10.9. The second-order valence-electron chi connectivity index (χ2n) is 6.87. The second-order valence-corrected chi connectivity index (χ2v) is 6.87. The van der Waals surface area contributed by atoms with Crippen molar-refractivity contribution in [3.05, 3.63) is 79.9 Å². The molecule has 1 amide bonds. The molecule has 0 radical (unpaired) electrons. The highest BCUT2D eigenvalue weighted by Gasteiger charge is 2.13. The number of aromatic amines is 1. The lowest BCUT2D eigenvalue weighted by molar-refractivity contribution is -0.130. The largest absolute Gasteiger partial charge is 0.341 e. The number of aromatic nitrogens is 2. The molecular formula is C21H23N3O3. The first-order valence-electron chi connectivity index (χ1n) is 8.89. The molecule has 0 saturated carbocycles. The Morgan fingerprint density at radius 3 is 2.48 bits per heavy atom. The smallest absolute Gasteiger partial charge is 0.273 e. The van der Waals surface area contributed by atoms with E-state index in [9.17, 15) is 14.4 Å². The standard InChI is InChI=1S/C21H23N3O3/c1-14-8-9-16(15(2)12-14)13-23(3)19(25)10-11-24-21(27)18-7-5-4-6-17(18)20(26)22-24/h4-9,12H,10-11,13H2,1-3H3,(H,22,26). The molecule has 0 aliphatic carbocycles. The van der Waals surface area contributed by atoms with Crippen LogP contribution in [-0.2, 0) is 17.9 Å². The highest BCUT2D eigenvalue weighted by molar-refractivity contribution is 5.80. The molecule has 2 aromatic carbocycles. The van der Waals surface area contributed by atoms with Crippen LogP contribution in [0.1, 0.15) is 23.1 Å². The minimum absolute atomic E-state index is 0.0871. The van der Waals surface area contributed by atoms with Gasteiger partial charge in [0.1, 0.15) is 0 Å². The van der Waals surface area contributed by atoms with Crippen molar-refractivity contribution in [2.24, 2.45) is 0 Å². The molecule has 0 aliphatic rings. The van der Waals surface area contributed by atoms with Crippen LogP contribution in [0.2, 0.25) is 0 Å². The summed E-state index contributed by atoms with van der Waals surface area (Å²) in [5.74, 6) is -0.0871. The van der Waals surface area contributed by atoms with Gasteiger partial charge in [0, 0.05) is 20.0 Å². The molecule has 0 fully saturated rings. The van der Waals surface area contributed by atoms with E-state index in [1.807, 2.05) is 26.0 Å². The molecular weight excluding hydrogens is 342 g/mol. The number of hydrogen-bond acceptors (Lipinski definition) is 3. The highest BCUT2D eigenvalue weighted by atomic mass is 16.2. The zero-order chi connectivity index (χ0) is 19.6. The van der Waals surface area contributed by atoms with Crippen molar-refractivity contribution in [2.75, 3.05) is 7.05 Å². The zero-order valence-corrected chi connectivity index (χ0v) is 15.8. The third-order valence-electron chi connectivity index (χ3n) is 4.76. The number of carbonyl (C=O) groups is 1. The first kappa shape index (κ1) is 18.6. The van der Waals surface area contributed by atoms with E-state index < -0.39 is 0 Å². The third kappa shape index (κ3) is 4.00. The van der Waals surface area contributed by atoms with E-state index in [1.165, 1.54) is 10.2 Å². The summed E-state index contributed by atoms with van der Waals surface area (Å²) in [5, 5.41) is 3.27.